The quantitative estimate of drug-likeness (QED) is 0.456. The van der Waals surface area contributed by atoms with Crippen LogP contribution in [0.2, 0.25) is 0 Å². The fourth-order valence-corrected chi connectivity index (χ4v) is 1.75. The lowest BCUT2D eigenvalue weighted by Gasteiger charge is -2.32. The third-order valence-corrected chi connectivity index (χ3v) is 2.54. The highest BCUT2D eigenvalue weighted by molar-refractivity contribution is 4.78. The molecular formula is C9H18N2O6. The minimum atomic E-state index is -0.892. The van der Waals surface area contributed by atoms with Crippen molar-refractivity contribution in [1.82, 2.24) is 0 Å². The molecule has 8 nitrogen and oxygen atoms in total. The summed E-state index contributed by atoms with van der Waals surface area (Å²) in [4.78, 5) is 29.1. The van der Waals surface area contributed by atoms with Crippen molar-refractivity contribution in [3.8, 4) is 0 Å². The lowest BCUT2D eigenvalue weighted by atomic mass is 9.79. The predicted octanol–water partition coefficient (Wildman–Crippen LogP) is 1.85. The maximum atomic E-state index is 10.2. The Labute approximate surface area is 99.1 Å². The summed E-state index contributed by atoms with van der Waals surface area (Å²) in [6, 6.07) is 0. The van der Waals surface area contributed by atoms with Crippen LogP contribution in [0.15, 0.2) is 0 Å². The molecule has 0 aromatic rings. The number of hydrogen-bond acceptors (Lipinski definition) is 6. The van der Waals surface area contributed by atoms with E-state index < -0.39 is 15.6 Å². The van der Waals surface area contributed by atoms with Gasteiger partial charge < -0.3 is 9.68 Å². The third kappa shape index (κ3) is 6.54. The molecule has 0 aromatic heterocycles. The minimum Gasteiger partial charge on any atom is -0.313 e. The normalized spacial score (nSPS) is 11.3. The van der Waals surface area contributed by atoms with Crippen LogP contribution in [0.4, 0.5) is 0 Å². The maximum absolute atomic E-state index is 10.2. The van der Waals surface area contributed by atoms with E-state index >= 15 is 0 Å². The first-order chi connectivity index (χ1) is 7.81. The van der Waals surface area contributed by atoms with E-state index in [1.165, 1.54) is 0 Å². The lowest BCUT2D eigenvalue weighted by Crippen LogP contribution is -2.35. The van der Waals surface area contributed by atoms with E-state index in [0.29, 0.717) is 12.8 Å². The molecule has 0 amide bonds. The second-order valence-corrected chi connectivity index (χ2v) is 4.45. The molecule has 0 heterocycles. The molecule has 0 atom stereocenters. The Morgan fingerprint density at radius 1 is 1.12 bits per heavy atom. The molecule has 0 rings (SSSR count). The minimum absolute atomic E-state index is 0.192. The van der Waals surface area contributed by atoms with Gasteiger partial charge in [-0.1, -0.05) is 20.8 Å². The van der Waals surface area contributed by atoms with Gasteiger partial charge in [0.2, 0.25) is 0 Å². The van der Waals surface area contributed by atoms with Crippen LogP contribution >= 0.6 is 0 Å². The van der Waals surface area contributed by atoms with Crippen LogP contribution in [0.25, 0.3) is 0 Å². The molecule has 0 N–H and O–H groups in total. The lowest BCUT2D eigenvalue weighted by molar-refractivity contribution is -0.772. The van der Waals surface area contributed by atoms with Crippen molar-refractivity contribution < 1.29 is 19.8 Å². The molecule has 0 aliphatic rings. The summed E-state index contributed by atoms with van der Waals surface area (Å²) in [5.74, 6) is 0.237. The molecule has 0 saturated carbocycles. The zero-order chi connectivity index (χ0) is 13.5. The van der Waals surface area contributed by atoms with Crippen LogP contribution in [-0.4, -0.2) is 23.4 Å². The second kappa shape index (κ2) is 6.87. The van der Waals surface area contributed by atoms with Crippen molar-refractivity contribution in [3.63, 3.8) is 0 Å². The van der Waals surface area contributed by atoms with E-state index in [-0.39, 0.29) is 19.1 Å². The average molecular weight is 250 g/mol. The topological polar surface area (TPSA) is 105 Å². The average Bonchev–Trinajstić information content (AvgIpc) is 2.21. The van der Waals surface area contributed by atoms with E-state index in [4.69, 9.17) is 0 Å². The summed E-state index contributed by atoms with van der Waals surface area (Å²) < 4.78 is 0. The van der Waals surface area contributed by atoms with Crippen molar-refractivity contribution in [1.29, 1.82) is 0 Å². The molecule has 0 radical (unpaired) electrons. The zero-order valence-electron chi connectivity index (χ0n) is 10.2. The monoisotopic (exact) mass is 250 g/mol. The molecule has 100 valence electrons. The van der Waals surface area contributed by atoms with Gasteiger partial charge in [-0.3, -0.25) is 0 Å². The van der Waals surface area contributed by atoms with Crippen molar-refractivity contribution >= 4 is 0 Å². The number of nitrogens with zero attached hydrogens (tertiary/aromatic N) is 2. The Balaban J connectivity index is 4.60. The van der Waals surface area contributed by atoms with Gasteiger partial charge in [0.1, 0.15) is 13.2 Å². The molecule has 0 spiro atoms. The molecule has 0 aromatic carbocycles. The Morgan fingerprint density at radius 2 is 1.53 bits per heavy atom. The highest BCUT2D eigenvalue weighted by Crippen LogP contribution is 2.31. The van der Waals surface area contributed by atoms with Gasteiger partial charge in [0, 0.05) is 5.41 Å². The van der Waals surface area contributed by atoms with Crippen LogP contribution in [0.1, 0.15) is 33.6 Å². The van der Waals surface area contributed by atoms with Crippen molar-refractivity contribution in [2.24, 2.45) is 11.3 Å². The highest BCUT2D eigenvalue weighted by atomic mass is 17.0. The molecular weight excluding hydrogens is 232 g/mol. The largest absolute Gasteiger partial charge is 0.313 e. The van der Waals surface area contributed by atoms with Gasteiger partial charge in [0.25, 0.3) is 10.2 Å². The molecule has 0 bridgehead atoms. The van der Waals surface area contributed by atoms with E-state index in [2.05, 4.69) is 9.68 Å². The summed E-state index contributed by atoms with van der Waals surface area (Å²) in [6.45, 7) is 5.28. The summed E-state index contributed by atoms with van der Waals surface area (Å²) in [7, 11) is 0. The Hall–Kier alpha value is -1.60. The summed E-state index contributed by atoms with van der Waals surface area (Å²) in [6.07, 6.45) is 1.07. The van der Waals surface area contributed by atoms with Gasteiger partial charge in [0.15, 0.2) is 0 Å². The Morgan fingerprint density at radius 3 is 1.76 bits per heavy atom. The van der Waals surface area contributed by atoms with E-state index in [9.17, 15) is 20.2 Å². The second-order valence-electron chi connectivity index (χ2n) is 4.45. The molecule has 0 saturated heterocycles. The molecule has 0 unspecified atom stereocenters. The van der Waals surface area contributed by atoms with Gasteiger partial charge in [-0.25, -0.2) is 0 Å². The van der Waals surface area contributed by atoms with Gasteiger partial charge in [-0.2, -0.15) is 0 Å². The molecule has 8 heteroatoms. The Kier molecular flexibility index (Phi) is 6.22. The molecule has 0 aliphatic heterocycles. The number of hydrogen-bond donors (Lipinski definition) is 0. The summed E-state index contributed by atoms with van der Waals surface area (Å²) in [5.41, 5.74) is -0.700. The first kappa shape index (κ1) is 15.4. The van der Waals surface area contributed by atoms with E-state index in [0.717, 1.165) is 0 Å². The smallest absolute Gasteiger partial charge is 0.294 e. The van der Waals surface area contributed by atoms with Gasteiger partial charge in [-0.05, 0) is 18.8 Å². The van der Waals surface area contributed by atoms with Crippen LogP contribution in [0.5, 0.6) is 0 Å². The van der Waals surface area contributed by atoms with Crippen LogP contribution in [-0.2, 0) is 9.68 Å². The van der Waals surface area contributed by atoms with Crippen LogP contribution in [0, 0.1) is 31.6 Å². The molecule has 0 aliphatic carbocycles. The fraction of sp³-hybridized carbons (Fsp3) is 1.00. The van der Waals surface area contributed by atoms with Crippen molar-refractivity contribution in [3.05, 3.63) is 20.2 Å². The molecule has 0 fully saturated rings. The zero-order valence-corrected chi connectivity index (χ0v) is 10.2. The Bertz CT molecular complexity index is 250. The van der Waals surface area contributed by atoms with Gasteiger partial charge in [0.05, 0.1) is 0 Å². The van der Waals surface area contributed by atoms with Crippen molar-refractivity contribution in [2.45, 2.75) is 33.6 Å². The maximum Gasteiger partial charge on any atom is 0.294 e. The molecule has 17 heavy (non-hydrogen) atoms. The predicted molar refractivity (Wildman–Crippen MR) is 58.1 cm³/mol. The third-order valence-electron chi connectivity index (χ3n) is 2.54. The first-order valence-corrected chi connectivity index (χ1v) is 5.36. The van der Waals surface area contributed by atoms with Crippen LogP contribution < -0.4 is 0 Å². The van der Waals surface area contributed by atoms with Gasteiger partial charge in [-0.15, -0.1) is 20.2 Å². The van der Waals surface area contributed by atoms with Gasteiger partial charge >= 0.3 is 0 Å². The van der Waals surface area contributed by atoms with Crippen LogP contribution in [0.3, 0.4) is 0 Å². The first-order valence-electron chi connectivity index (χ1n) is 5.36. The standard InChI is InChI=1S/C9H18N2O6/c1-4-9(5-8(2)3,6-16-10(12)13)7-17-11(14)15/h8H,4-7H2,1-3H3. The van der Waals surface area contributed by atoms with E-state index in [1.54, 1.807) is 6.92 Å². The SMILES string of the molecule is CCC(CO[N+](=O)[O-])(CO[N+](=O)[O-])CC(C)C. The summed E-state index contributed by atoms with van der Waals surface area (Å²) in [5, 5.41) is 18.6. The van der Waals surface area contributed by atoms with Crippen molar-refractivity contribution in [2.75, 3.05) is 13.2 Å². The van der Waals surface area contributed by atoms with E-state index in [1.807, 2.05) is 13.8 Å². The summed E-state index contributed by atoms with van der Waals surface area (Å²) >= 11 is 0. The highest BCUT2D eigenvalue weighted by Gasteiger charge is 2.32. The fourth-order valence-electron chi connectivity index (χ4n) is 1.75. The number of rotatable bonds is 9.